The molecule has 0 heterocycles. The molecular weight excluding hydrogens is 204 g/mol. The summed E-state index contributed by atoms with van der Waals surface area (Å²) in [6.45, 7) is 10.5. The maximum Gasteiger partial charge on any atom is 0.337 e. The Morgan fingerprint density at radius 1 is 1.56 bits per heavy atom. The van der Waals surface area contributed by atoms with Crippen LogP contribution in [0.5, 0.6) is 0 Å². The fourth-order valence-corrected chi connectivity index (χ4v) is 1.27. The second-order valence-corrected chi connectivity index (χ2v) is 4.04. The van der Waals surface area contributed by atoms with Gasteiger partial charge >= 0.3 is 5.97 Å². The molecule has 0 bridgehead atoms. The molecule has 4 heteroatoms. The molecule has 0 fully saturated rings. The van der Waals surface area contributed by atoms with Crippen LogP contribution in [0.25, 0.3) is 0 Å². The highest BCUT2D eigenvalue weighted by Crippen LogP contribution is 2.15. The second kappa shape index (κ2) is 7.06. The van der Waals surface area contributed by atoms with Crippen molar-refractivity contribution in [2.45, 2.75) is 27.2 Å². The molecule has 0 spiro atoms. The number of nitrogens with zero attached hydrogens (tertiary/aromatic N) is 1. The van der Waals surface area contributed by atoms with Gasteiger partial charge in [0.15, 0.2) is 0 Å². The first-order chi connectivity index (χ1) is 7.42. The molecule has 0 radical (unpaired) electrons. The van der Waals surface area contributed by atoms with Crippen LogP contribution in [0.2, 0.25) is 0 Å². The molecule has 0 aliphatic rings. The van der Waals surface area contributed by atoms with Crippen LogP contribution >= 0.6 is 0 Å². The van der Waals surface area contributed by atoms with Gasteiger partial charge in [0.1, 0.15) is 0 Å². The van der Waals surface area contributed by atoms with E-state index in [2.05, 4.69) is 25.2 Å². The highest BCUT2D eigenvalue weighted by atomic mass is 16.5. The third-order valence-corrected chi connectivity index (χ3v) is 2.12. The average molecular weight is 226 g/mol. The van der Waals surface area contributed by atoms with Crippen LogP contribution < -0.4 is 5.84 Å². The predicted molar refractivity (Wildman–Crippen MR) is 65.3 cm³/mol. The van der Waals surface area contributed by atoms with Gasteiger partial charge < -0.3 is 9.75 Å². The summed E-state index contributed by atoms with van der Waals surface area (Å²) in [5, 5.41) is 1.62. The fraction of sp³-hybridized carbons (Fsp3) is 0.583. The molecule has 0 rings (SSSR count). The Balaban J connectivity index is 4.80. The number of ether oxygens (including phenoxy) is 1. The van der Waals surface area contributed by atoms with Gasteiger partial charge in [0.05, 0.1) is 12.7 Å². The normalized spacial score (nSPS) is 11.5. The number of methoxy groups -OCH3 is 1. The summed E-state index contributed by atoms with van der Waals surface area (Å²) in [5.74, 6) is 5.87. The molecule has 0 aromatic rings. The van der Waals surface area contributed by atoms with Crippen molar-refractivity contribution in [3.05, 3.63) is 23.9 Å². The van der Waals surface area contributed by atoms with Crippen molar-refractivity contribution in [2.75, 3.05) is 13.7 Å². The molecule has 92 valence electrons. The molecule has 0 unspecified atom stereocenters. The van der Waals surface area contributed by atoms with Crippen molar-refractivity contribution in [1.82, 2.24) is 5.01 Å². The van der Waals surface area contributed by atoms with E-state index in [4.69, 9.17) is 5.84 Å². The van der Waals surface area contributed by atoms with Crippen molar-refractivity contribution in [3.63, 3.8) is 0 Å². The van der Waals surface area contributed by atoms with Crippen LogP contribution in [-0.4, -0.2) is 24.6 Å². The first-order valence-corrected chi connectivity index (χ1v) is 5.42. The number of hydrazine groups is 1. The van der Waals surface area contributed by atoms with Gasteiger partial charge in [-0.15, -0.1) is 0 Å². The van der Waals surface area contributed by atoms with E-state index in [-0.39, 0.29) is 0 Å². The van der Waals surface area contributed by atoms with Gasteiger partial charge in [-0.2, -0.15) is 0 Å². The molecule has 0 aromatic carbocycles. The number of allylic oxidation sites excluding steroid dienone is 1. The number of carbonyl (C=O) groups excluding carboxylic acids is 1. The van der Waals surface area contributed by atoms with E-state index in [0.29, 0.717) is 18.0 Å². The van der Waals surface area contributed by atoms with Gasteiger partial charge in [-0.05, 0) is 25.3 Å². The third kappa shape index (κ3) is 4.98. The summed E-state index contributed by atoms with van der Waals surface area (Å²) in [4.78, 5) is 11.2. The zero-order valence-electron chi connectivity index (χ0n) is 10.6. The van der Waals surface area contributed by atoms with Crippen LogP contribution in [0.1, 0.15) is 27.2 Å². The predicted octanol–water partition coefficient (Wildman–Crippen LogP) is 1.84. The molecule has 0 aromatic heterocycles. The van der Waals surface area contributed by atoms with E-state index in [1.807, 2.05) is 6.92 Å². The molecule has 0 aliphatic heterocycles. The van der Waals surface area contributed by atoms with Gasteiger partial charge in [0.25, 0.3) is 0 Å². The Labute approximate surface area is 97.7 Å². The minimum atomic E-state index is -0.425. The van der Waals surface area contributed by atoms with Crippen LogP contribution in [0, 0.1) is 5.92 Å². The summed E-state index contributed by atoms with van der Waals surface area (Å²) in [7, 11) is 1.34. The third-order valence-electron chi connectivity index (χ3n) is 2.12. The van der Waals surface area contributed by atoms with Crippen LogP contribution in [0.3, 0.4) is 0 Å². The lowest BCUT2D eigenvalue weighted by atomic mass is 10.1. The minimum absolute atomic E-state index is 0.321. The van der Waals surface area contributed by atoms with E-state index in [9.17, 15) is 4.79 Å². The maximum absolute atomic E-state index is 11.2. The summed E-state index contributed by atoms with van der Waals surface area (Å²) >= 11 is 0. The van der Waals surface area contributed by atoms with Gasteiger partial charge in [-0.3, -0.25) is 0 Å². The van der Waals surface area contributed by atoms with Crippen molar-refractivity contribution in [1.29, 1.82) is 0 Å². The summed E-state index contributed by atoms with van der Waals surface area (Å²) < 4.78 is 4.59. The SMILES string of the molecule is C=C(/C=C(/CC(C)C)N(N)CC)C(=O)OC. The minimum Gasteiger partial charge on any atom is -0.465 e. The molecule has 4 nitrogen and oxygen atoms in total. The van der Waals surface area contributed by atoms with Gasteiger partial charge in [-0.1, -0.05) is 20.4 Å². The number of hydrogen-bond donors (Lipinski definition) is 1. The Hall–Kier alpha value is -1.29. The van der Waals surface area contributed by atoms with E-state index in [0.717, 1.165) is 12.1 Å². The molecule has 0 aliphatic carbocycles. The van der Waals surface area contributed by atoms with E-state index in [1.54, 1.807) is 11.1 Å². The average Bonchev–Trinajstić information content (AvgIpc) is 2.25. The molecule has 0 saturated carbocycles. The van der Waals surface area contributed by atoms with Gasteiger partial charge in [0.2, 0.25) is 0 Å². The number of rotatable bonds is 6. The summed E-state index contributed by atoms with van der Waals surface area (Å²) in [5.41, 5.74) is 1.22. The first kappa shape index (κ1) is 14.7. The van der Waals surface area contributed by atoms with Gasteiger partial charge in [-0.25, -0.2) is 10.6 Å². The molecule has 0 saturated heterocycles. The summed E-state index contributed by atoms with van der Waals surface area (Å²) in [6.07, 6.45) is 2.50. The Kier molecular flexibility index (Phi) is 6.49. The fourth-order valence-electron chi connectivity index (χ4n) is 1.27. The topological polar surface area (TPSA) is 55.6 Å². The monoisotopic (exact) mass is 226 g/mol. The van der Waals surface area contributed by atoms with Crippen LogP contribution in [-0.2, 0) is 9.53 Å². The molecule has 2 N–H and O–H groups in total. The second-order valence-electron chi connectivity index (χ2n) is 4.04. The highest BCUT2D eigenvalue weighted by Gasteiger charge is 2.10. The molecule has 0 atom stereocenters. The molecular formula is C12H22N2O2. The number of carbonyl (C=O) groups is 1. The Morgan fingerprint density at radius 2 is 2.12 bits per heavy atom. The first-order valence-electron chi connectivity index (χ1n) is 5.42. The van der Waals surface area contributed by atoms with Crippen molar-refractivity contribution in [3.8, 4) is 0 Å². The van der Waals surface area contributed by atoms with E-state index < -0.39 is 5.97 Å². The van der Waals surface area contributed by atoms with Crippen molar-refractivity contribution in [2.24, 2.45) is 11.8 Å². The standard InChI is InChI=1S/C12H22N2O2/c1-6-14(13)11(7-9(2)3)8-10(4)12(15)16-5/h8-9H,4,6-7,13H2,1-3,5H3/b11-8-. The van der Waals surface area contributed by atoms with Gasteiger partial charge in [0, 0.05) is 12.2 Å². The zero-order valence-corrected chi connectivity index (χ0v) is 10.6. The number of esters is 1. The van der Waals surface area contributed by atoms with Crippen molar-refractivity contribution >= 4 is 5.97 Å². The van der Waals surface area contributed by atoms with E-state index in [1.165, 1.54) is 7.11 Å². The quantitative estimate of drug-likeness (QED) is 0.247. The van der Waals surface area contributed by atoms with E-state index >= 15 is 0 Å². The number of nitrogens with two attached hydrogens (primary N) is 1. The highest BCUT2D eigenvalue weighted by molar-refractivity contribution is 5.90. The smallest absolute Gasteiger partial charge is 0.337 e. The lowest BCUT2D eigenvalue weighted by molar-refractivity contribution is -0.135. The maximum atomic E-state index is 11.2. The Morgan fingerprint density at radius 3 is 2.50 bits per heavy atom. The largest absolute Gasteiger partial charge is 0.465 e. The lowest BCUT2D eigenvalue weighted by Crippen LogP contribution is -2.30. The van der Waals surface area contributed by atoms with Crippen molar-refractivity contribution < 1.29 is 9.53 Å². The van der Waals surface area contributed by atoms with Crippen LogP contribution in [0.4, 0.5) is 0 Å². The molecule has 16 heavy (non-hydrogen) atoms. The summed E-state index contributed by atoms with van der Waals surface area (Å²) in [6, 6.07) is 0. The van der Waals surface area contributed by atoms with Crippen LogP contribution in [0.15, 0.2) is 23.9 Å². The number of hydrogen-bond acceptors (Lipinski definition) is 4. The molecule has 0 amide bonds. The Bertz CT molecular complexity index is 283. The lowest BCUT2D eigenvalue weighted by Gasteiger charge is -2.22. The zero-order chi connectivity index (χ0) is 12.7.